The van der Waals surface area contributed by atoms with E-state index in [0.717, 1.165) is 41.0 Å². The first kappa shape index (κ1) is 20.5. The fraction of sp³-hybridized carbons (Fsp3) is 0.192. The first-order valence-electron chi connectivity index (χ1n) is 10.5. The Morgan fingerprint density at radius 2 is 1.65 bits per heavy atom. The van der Waals surface area contributed by atoms with Gasteiger partial charge in [-0.2, -0.15) is 0 Å². The van der Waals surface area contributed by atoms with Crippen molar-refractivity contribution in [3.63, 3.8) is 0 Å². The molecule has 1 heterocycles. The van der Waals surface area contributed by atoms with Crippen LogP contribution in [-0.2, 0) is 6.61 Å². The molecule has 0 saturated heterocycles. The monoisotopic (exact) mass is 414 g/mol. The molecule has 0 aliphatic carbocycles. The summed E-state index contributed by atoms with van der Waals surface area (Å²) < 4.78 is 11.5. The van der Waals surface area contributed by atoms with Crippen LogP contribution in [0.3, 0.4) is 0 Å². The molecule has 1 N–H and O–H groups in total. The third-order valence-electron chi connectivity index (χ3n) is 5.24. The predicted octanol–water partition coefficient (Wildman–Crippen LogP) is 6.11. The van der Waals surface area contributed by atoms with Gasteiger partial charge in [0.25, 0.3) is 5.91 Å². The second-order valence-electron chi connectivity index (χ2n) is 7.24. The van der Waals surface area contributed by atoms with Crippen molar-refractivity contribution in [2.24, 2.45) is 0 Å². The molecular formula is C26H26N2O3. The SMILES string of the molecule is CCN(CC)c1ccc(NC(=O)c2ccc(COc3ccc4ccccc4c3)o2)cc1. The zero-order chi connectivity index (χ0) is 21.6. The van der Waals surface area contributed by atoms with E-state index in [-0.39, 0.29) is 18.3 Å². The molecule has 0 radical (unpaired) electrons. The van der Waals surface area contributed by atoms with E-state index in [0.29, 0.717) is 5.76 Å². The van der Waals surface area contributed by atoms with Gasteiger partial charge in [0.2, 0.25) is 0 Å². The number of anilines is 2. The lowest BCUT2D eigenvalue weighted by Gasteiger charge is -2.21. The molecule has 0 aliphatic rings. The van der Waals surface area contributed by atoms with Crippen molar-refractivity contribution in [3.05, 3.63) is 90.4 Å². The maximum atomic E-state index is 12.5. The quantitative estimate of drug-likeness (QED) is 0.378. The van der Waals surface area contributed by atoms with E-state index >= 15 is 0 Å². The Morgan fingerprint density at radius 3 is 2.39 bits per heavy atom. The highest BCUT2D eigenvalue weighted by Crippen LogP contribution is 2.22. The molecule has 0 bridgehead atoms. The Morgan fingerprint density at radius 1 is 0.903 bits per heavy atom. The number of nitrogens with one attached hydrogen (secondary N) is 1. The van der Waals surface area contributed by atoms with Gasteiger partial charge in [0.1, 0.15) is 18.1 Å². The summed E-state index contributed by atoms with van der Waals surface area (Å²) in [5.41, 5.74) is 1.86. The van der Waals surface area contributed by atoms with Gasteiger partial charge in [-0.15, -0.1) is 0 Å². The van der Waals surface area contributed by atoms with E-state index in [2.05, 4.69) is 30.1 Å². The Bertz CT molecular complexity index is 1160. The molecule has 0 aliphatic heterocycles. The van der Waals surface area contributed by atoms with Crippen LogP contribution in [0.25, 0.3) is 10.8 Å². The van der Waals surface area contributed by atoms with E-state index in [9.17, 15) is 4.79 Å². The van der Waals surface area contributed by atoms with Crippen LogP contribution in [0.2, 0.25) is 0 Å². The topological polar surface area (TPSA) is 54.7 Å². The molecule has 0 fully saturated rings. The number of amides is 1. The van der Waals surface area contributed by atoms with E-state index in [1.54, 1.807) is 12.1 Å². The number of hydrogen-bond donors (Lipinski definition) is 1. The molecule has 0 unspecified atom stereocenters. The second-order valence-corrected chi connectivity index (χ2v) is 7.24. The van der Waals surface area contributed by atoms with Crippen molar-refractivity contribution in [2.75, 3.05) is 23.3 Å². The van der Waals surface area contributed by atoms with Gasteiger partial charge in [-0.3, -0.25) is 4.79 Å². The number of carbonyl (C=O) groups excluding carboxylic acids is 1. The van der Waals surface area contributed by atoms with Gasteiger partial charge in [0.05, 0.1) is 0 Å². The highest BCUT2D eigenvalue weighted by Gasteiger charge is 2.12. The van der Waals surface area contributed by atoms with E-state index < -0.39 is 0 Å². The van der Waals surface area contributed by atoms with Gasteiger partial charge in [-0.05, 0) is 73.2 Å². The van der Waals surface area contributed by atoms with Crippen LogP contribution in [0, 0.1) is 0 Å². The molecule has 3 aromatic carbocycles. The Hall–Kier alpha value is -3.73. The zero-order valence-corrected chi connectivity index (χ0v) is 17.8. The molecule has 31 heavy (non-hydrogen) atoms. The van der Waals surface area contributed by atoms with Gasteiger partial charge in [0, 0.05) is 24.5 Å². The zero-order valence-electron chi connectivity index (χ0n) is 17.8. The first-order chi connectivity index (χ1) is 15.2. The molecule has 1 amide bonds. The van der Waals surface area contributed by atoms with Crippen molar-refractivity contribution in [1.82, 2.24) is 0 Å². The van der Waals surface area contributed by atoms with Crippen molar-refractivity contribution in [1.29, 1.82) is 0 Å². The fourth-order valence-corrected chi connectivity index (χ4v) is 3.53. The lowest BCUT2D eigenvalue weighted by molar-refractivity contribution is 0.0992. The number of nitrogens with zero attached hydrogens (tertiary/aromatic N) is 1. The van der Waals surface area contributed by atoms with Gasteiger partial charge in [-0.1, -0.05) is 30.3 Å². The first-order valence-corrected chi connectivity index (χ1v) is 10.5. The average Bonchev–Trinajstić information content (AvgIpc) is 3.29. The van der Waals surface area contributed by atoms with Crippen LogP contribution in [0.4, 0.5) is 11.4 Å². The predicted molar refractivity (Wildman–Crippen MR) is 125 cm³/mol. The number of fused-ring (bicyclic) bond motifs is 1. The molecule has 1 aromatic heterocycles. The minimum absolute atomic E-state index is 0.254. The van der Waals surface area contributed by atoms with Crippen molar-refractivity contribution >= 4 is 28.1 Å². The van der Waals surface area contributed by atoms with Crippen LogP contribution in [-0.4, -0.2) is 19.0 Å². The maximum Gasteiger partial charge on any atom is 0.291 e. The summed E-state index contributed by atoms with van der Waals surface area (Å²) in [5, 5.41) is 5.16. The summed E-state index contributed by atoms with van der Waals surface area (Å²) in [6.45, 7) is 6.39. The van der Waals surface area contributed by atoms with Crippen molar-refractivity contribution in [3.8, 4) is 5.75 Å². The van der Waals surface area contributed by atoms with Crippen LogP contribution in [0.15, 0.2) is 83.3 Å². The Kier molecular flexibility index (Phi) is 6.22. The summed E-state index contributed by atoms with van der Waals surface area (Å²) in [5.74, 6) is 1.32. The molecule has 5 heteroatoms. The number of benzene rings is 3. The molecule has 0 saturated carbocycles. The highest BCUT2D eigenvalue weighted by molar-refractivity contribution is 6.02. The summed E-state index contributed by atoms with van der Waals surface area (Å²) >= 11 is 0. The number of ether oxygens (including phenoxy) is 1. The smallest absolute Gasteiger partial charge is 0.291 e. The maximum absolute atomic E-state index is 12.5. The third-order valence-corrected chi connectivity index (χ3v) is 5.24. The Balaban J connectivity index is 1.35. The third kappa shape index (κ3) is 4.89. The lowest BCUT2D eigenvalue weighted by atomic mass is 10.1. The average molecular weight is 415 g/mol. The van der Waals surface area contributed by atoms with Gasteiger partial charge >= 0.3 is 0 Å². The van der Waals surface area contributed by atoms with Crippen molar-refractivity contribution < 1.29 is 13.9 Å². The van der Waals surface area contributed by atoms with Gasteiger partial charge < -0.3 is 19.4 Å². The molecule has 5 nitrogen and oxygen atoms in total. The van der Waals surface area contributed by atoms with Crippen LogP contribution < -0.4 is 15.0 Å². The lowest BCUT2D eigenvalue weighted by Crippen LogP contribution is -2.21. The van der Waals surface area contributed by atoms with E-state index in [1.807, 2.05) is 60.7 Å². The molecule has 0 atom stereocenters. The van der Waals surface area contributed by atoms with Crippen LogP contribution in [0.1, 0.15) is 30.2 Å². The summed E-state index contributed by atoms with van der Waals surface area (Å²) in [6, 6.07) is 25.3. The molecule has 4 aromatic rings. The Labute approximate surface area is 182 Å². The second kappa shape index (κ2) is 9.39. The minimum atomic E-state index is -0.285. The summed E-state index contributed by atoms with van der Waals surface area (Å²) in [6.07, 6.45) is 0. The standard InChI is InChI=1S/C26H26N2O3/c1-3-28(4-2)22-12-10-21(11-13-22)27-26(29)25-16-15-24(31-25)18-30-23-14-9-19-7-5-6-8-20(19)17-23/h5-17H,3-4,18H2,1-2H3,(H,27,29). The molecule has 158 valence electrons. The number of furan rings is 1. The number of hydrogen-bond acceptors (Lipinski definition) is 4. The summed E-state index contributed by atoms with van der Waals surface area (Å²) in [7, 11) is 0. The molecule has 4 rings (SSSR count). The number of carbonyl (C=O) groups is 1. The van der Waals surface area contributed by atoms with Crippen LogP contribution in [0.5, 0.6) is 5.75 Å². The van der Waals surface area contributed by atoms with Gasteiger partial charge in [-0.25, -0.2) is 0 Å². The van der Waals surface area contributed by atoms with Gasteiger partial charge in [0.15, 0.2) is 5.76 Å². The van der Waals surface area contributed by atoms with Crippen molar-refractivity contribution in [2.45, 2.75) is 20.5 Å². The number of rotatable bonds is 8. The van der Waals surface area contributed by atoms with E-state index in [4.69, 9.17) is 9.15 Å². The normalized spacial score (nSPS) is 10.8. The molecule has 0 spiro atoms. The summed E-state index contributed by atoms with van der Waals surface area (Å²) in [4.78, 5) is 14.8. The minimum Gasteiger partial charge on any atom is -0.486 e. The largest absolute Gasteiger partial charge is 0.486 e. The fourth-order valence-electron chi connectivity index (χ4n) is 3.53. The van der Waals surface area contributed by atoms with E-state index in [1.165, 1.54) is 0 Å². The van der Waals surface area contributed by atoms with Crippen LogP contribution >= 0.6 is 0 Å². The highest BCUT2D eigenvalue weighted by atomic mass is 16.5. The molecular weight excluding hydrogens is 388 g/mol.